The first kappa shape index (κ1) is 12.0. The minimum Gasteiger partial charge on any atom is -0.488 e. The summed E-state index contributed by atoms with van der Waals surface area (Å²) in [6, 6.07) is 4.74. The number of ether oxygens (including phenoxy) is 1. The average molecular weight is 246 g/mol. The van der Waals surface area contributed by atoms with Gasteiger partial charge in [0.25, 0.3) is 5.91 Å². The van der Waals surface area contributed by atoms with E-state index in [4.69, 9.17) is 16.2 Å². The highest BCUT2D eigenvalue weighted by atomic mass is 16.5. The zero-order valence-electron chi connectivity index (χ0n) is 9.96. The van der Waals surface area contributed by atoms with Crippen LogP contribution >= 0.6 is 0 Å². The lowest BCUT2D eigenvalue weighted by atomic mass is 10.1. The van der Waals surface area contributed by atoms with Crippen LogP contribution in [0.2, 0.25) is 0 Å². The van der Waals surface area contributed by atoms with Crippen molar-refractivity contribution in [1.82, 2.24) is 9.78 Å². The van der Waals surface area contributed by atoms with E-state index in [1.54, 1.807) is 29.1 Å². The second kappa shape index (κ2) is 4.79. The molecule has 0 aliphatic rings. The van der Waals surface area contributed by atoms with Crippen molar-refractivity contribution in [2.75, 3.05) is 5.73 Å². The summed E-state index contributed by atoms with van der Waals surface area (Å²) in [6.45, 7) is 0.303. The number of aryl methyl sites for hydroxylation is 1. The van der Waals surface area contributed by atoms with Crippen LogP contribution in [0.3, 0.4) is 0 Å². The molecule has 1 aromatic carbocycles. The van der Waals surface area contributed by atoms with Crippen molar-refractivity contribution < 1.29 is 9.53 Å². The Morgan fingerprint density at radius 1 is 1.50 bits per heavy atom. The smallest absolute Gasteiger partial charge is 0.252 e. The minimum atomic E-state index is -0.545. The molecule has 0 bridgehead atoms. The average Bonchev–Trinajstić information content (AvgIpc) is 2.72. The Morgan fingerprint density at radius 2 is 2.28 bits per heavy atom. The van der Waals surface area contributed by atoms with E-state index in [0.29, 0.717) is 23.6 Å². The fourth-order valence-corrected chi connectivity index (χ4v) is 1.57. The second-order valence-electron chi connectivity index (χ2n) is 3.93. The molecule has 2 rings (SSSR count). The largest absolute Gasteiger partial charge is 0.488 e. The topological polar surface area (TPSA) is 96.2 Å². The quantitative estimate of drug-likeness (QED) is 0.775. The lowest BCUT2D eigenvalue weighted by Gasteiger charge is -2.09. The van der Waals surface area contributed by atoms with E-state index in [1.807, 2.05) is 13.2 Å². The van der Waals surface area contributed by atoms with Gasteiger partial charge < -0.3 is 16.2 Å². The van der Waals surface area contributed by atoms with E-state index in [-0.39, 0.29) is 0 Å². The van der Waals surface area contributed by atoms with Crippen LogP contribution in [0.15, 0.2) is 30.6 Å². The van der Waals surface area contributed by atoms with Crippen molar-refractivity contribution in [3.63, 3.8) is 0 Å². The number of nitrogens with zero attached hydrogens (tertiary/aromatic N) is 2. The van der Waals surface area contributed by atoms with Gasteiger partial charge in [0.1, 0.15) is 12.4 Å². The van der Waals surface area contributed by atoms with Crippen LogP contribution in [0.25, 0.3) is 0 Å². The van der Waals surface area contributed by atoms with Gasteiger partial charge in [-0.2, -0.15) is 5.10 Å². The number of nitrogen functional groups attached to an aromatic ring is 1. The number of hydrogen-bond acceptors (Lipinski definition) is 4. The molecule has 0 spiro atoms. The maximum atomic E-state index is 11.2. The predicted molar refractivity (Wildman–Crippen MR) is 66.9 cm³/mol. The Labute approximate surface area is 104 Å². The van der Waals surface area contributed by atoms with Gasteiger partial charge in [-0.3, -0.25) is 9.48 Å². The number of carbonyl (C=O) groups excluding carboxylic acids is 1. The number of primary amides is 1. The number of aromatic nitrogens is 2. The molecule has 0 saturated carbocycles. The van der Waals surface area contributed by atoms with Gasteiger partial charge in [0.15, 0.2) is 0 Å². The molecule has 6 nitrogen and oxygen atoms in total. The molecule has 0 unspecified atom stereocenters. The third kappa shape index (κ3) is 2.60. The number of rotatable bonds is 4. The van der Waals surface area contributed by atoms with E-state index in [0.717, 1.165) is 5.56 Å². The molecule has 0 aliphatic carbocycles. The van der Waals surface area contributed by atoms with Gasteiger partial charge in [0.2, 0.25) is 0 Å². The van der Waals surface area contributed by atoms with Crippen molar-refractivity contribution in [2.45, 2.75) is 6.61 Å². The molecule has 1 amide bonds. The van der Waals surface area contributed by atoms with Gasteiger partial charge in [-0.05, 0) is 12.1 Å². The summed E-state index contributed by atoms with van der Waals surface area (Å²) in [7, 11) is 1.82. The van der Waals surface area contributed by atoms with E-state index in [1.165, 1.54) is 0 Å². The molecule has 0 aliphatic heterocycles. The van der Waals surface area contributed by atoms with Gasteiger partial charge in [0.05, 0.1) is 11.8 Å². The Morgan fingerprint density at radius 3 is 2.89 bits per heavy atom. The summed E-state index contributed by atoms with van der Waals surface area (Å²) in [5.74, 6) is -0.164. The summed E-state index contributed by atoms with van der Waals surface area (Å²) in [5, 5.41) is 4.02. The van der Waals surface area contributed by atoms with Crippen LogP contribution in [-0.2, 0) is 13.7 Å². The number of hydrogen-bond donors (Lipinski definition) is 2. The number of amides is 1. The molecular weight excluding hydrogens is 232 g/mol. The molecule has 1 aromatic heterocycles. The lowest BCUT2D eigenvalue weighted by molar-refractivity contribution is 0.0996. The highest BCUT2D eigenvalue weighted by Gasteiger charge is 2.10. The number of anilines is 1. The van der Waals surface area contributed by atoms with Crippen LogP contribution in [0.1, 0.15) is 15.9 Å². The van der Waals surface area contributed by atoms with Gasteiger partial charge in [-0.1, -0.05) is 0 Å². The zero-order valence-corrected chi connectivity index (χ0v) is 9.96. The van der Waals surface area contributed by atoms with Crippen LogP contribution in [0.5, 0.6) is 5.75 Å². The maximum absolute atomic E-state index is 11.2. The molecule has 0 atom stereocenters. The number of benzene rings is 1. The van der Waals surface area contributed by atoms with Crippen LogP contribution < -0.4 is 16.2 Å². The third-order valence-electron chi connectivity index (χ3n) is 2.42. The highest BCUT2D eigenvalue weighted by Crippen LogP contribution is 2.22. The molecule has 0 radical (unpaired) electrons. The highest BCUT2D eigenvalue weighted by molar-refractivity contribution is 5.96. The summed E-state index contributed by atoms with van der Waals surface area (Å²) in [4.78, 5) is 11.2. The standard InChI is InChI=1S/C12H14N4O2/c1-16-6-8(5-15-16)7-18-11-4-9(13)2-3-10(11)12(14)17/h2-6H,7,13H2,1H3,(H2,14,17). The molecule has 0 saturated heterocycles. The fourth-order valence-electron chi connectivity index (χ4n) is 1.57. The normalized spacial score (nSPS) is 10.3. The van der Waals surface area contributed by atoms with Gasteiger partial charge in [0, 0.05) is 30.6 Å². The molecule has 18 heavy (non-hydrogen) atoms. The van der Waals surface area contributed by atoms with Crippen molar-refractivity contribution in [3.05, 3.63) is 41.7 Å². The van der Waals surface area contributed by atoms with Gasteiger partial charge >= 0.3 is 0 Å². The van der Waals surface area contributed by atoms with Crippen molar-refractivity contribution >= 4 is 11.6 Å². The molecule has 6 heteroatoms. The molecule has 0 fully saturated rings. The fraction of sp³-hybridized carbons (Fsp3) is 0.167. The Hall–Kier alpha value is -2.50. The van der Waals surface area contributed by atoms with E-state index >= 15 is 0 Å². The Kier molecular flexibility index (Phi) is 3.18. The molecular formula is C12H14N4O2. The Balaban J connectivity index is 2.17. The molecule has 2 aromatic rings. The van der Waals surface area contributed by atoms with Crippen molar-refractivity contribution in [1.29, 1.82) is 0 Å². The zero-order chi connectivity index (χ0) is 13.1. The SMILES string of the molecule is Cn1cc(COc2cc(N)ccc2C(N)=O)cn1. The molecule has 4 N–H and O–H groups in total. The van der Waals surface area contributed by atoms with E-state index < -0.39 is 5.91 Å². The summed E-state index contributed by atoms with van der Waals surface area (Å²) in [5.41, 5.74) is 12.6. The Bertz CT molecular complexity index is 577. The predicted octanol–water partition coefficient (Wildman–Crippen LogP) is 0.680. The first-order valence-electron chi connectivity index (χ1n) is 5.36. The first-order valence-corrected chi connectivity index (χ1v) is 5.36. The molecule has 1 heterocycles. The summed E-state index contributed by atoms with van der Waals surface area (Å²) >= 11 is 0. The van der Waals surface area contributed by atoms with Crippen molar-refractivity contribution in [2.24, 2.45) is 12.8 Å². The number of carbonyl (C=O) groups is 1. The van der Waals surface area contributed by atoms with E-state index in [2.05, 4.69) is 5.10 Å². The monoisotopic (exact) mass is 246 g/mol. The van der Waals surface area contributed by atoms with Crippen LogP contribution in [0, 0.1) is 0 Å². The molecule has 94 valence electrons. The minimum absolute atomic E-state index is 0.303. The lowest BCUT2D eigenvalue weighted by Crippen LogP contribution is -2.13. The maximum Gasteiger partial charge on any atom is 0.252 e. The van der Waals surface area contributed by atoms with Crippen LogP contribution in [0.4, 0.5) is 5.69 Å². The number of nitrogens with two attached hydrogens (primary N) is 2. The third-order valence-corrected chi connectivity index (χ3v) is 2.42. The van der Waals surface area contributed by atoms with E-state index in [9.17, 15) is 4.79 Å². The van der Waals surface area contributed by atoms with Gasteiger partial charge in [-0.25, -0.2) is 0 Å². The second-order valence-corrected chi connectivity index (χ2v) is 3.93. The first-order chi connectivity index (χ1) is 8.56. The summed E-state index contributed by atoms with van der Waals surface area (Å²) in [6.07, 6.45) is 3.52. The van der Waals surface area contributed by atoms with Crippen LogP contribution in [-0.4, -0.2) is 15.7 Å². The van der Waals surface area contributed by atoms with Crippen molar-refractivity contribution in [3.8, 4) is 5.75 Å². The summed E-state index contributed by atoms with van der Waals surface area (Å²) < 4.78 is 7.22. The van der Waals surface area contributed by atoms with Gasteiger partial charge in [-0.15, -0.1) is 0 Å².